The molecular formula is C27H35N3O3. The molecule has 4 rings (SSSR count). The highest BCUT2D eigenvalue weighted by molar-refractivity contribution is 6.10. The fraction of sp³-hybridized carbons (Fsp3) is 0.444. The minimum Gasteiger partial charge on any atom is -0.394 e. The molecule has 0 bridgehead atoms. The second-order valence-electron chi connectivity index (χ2n) is 9.54. The Hall–Kier alpha value is -2.67. The highest BCUT2D eigenvalue weighted by atomic mass is 16.5. The minimum atomic E-state index is -0.304. The van der Waals surface area contributed by atoms with Crippen LogP contribution in [0.5, 0.6) is 0 Å². The highest BCUT2D eigenvalue weighted by Crippen LogP contribution is 2.38. The van der Waals surface area contributed by atoms with Crippen molar-refractivity contribution in [2.24, 2.45) is 13.0 Å². The van der Waals surface area contributed by atoms with E-state index in [9.17, 15) is 9.90 Å². The van der Waals surface area contributed by atoms with Gasteiger partial charge in [-0.3, -0.25) is 4.79 Å². The van der Waals surface area contributed by atoms with Crippen molar-refractivity contribution in [3.8, 4) is 11.1 Å². The summed E-state index contributed by atoms with van der Waals surface area (Å²) >= 11 is 0. The lowest BCUT2D eigenvalue weighted by atomic mass is 9.96. The van der Waals surface area contributed by atoms with Crippen LogP contribution in [0.2, 0.25) is 0 Å². The average molecular weight is 450 g/mol. The number of rotatable bonds is 4. The van der Waals surface area contributed by atoms with Crippen LogP contribution in [0.4, 0.5) is 0 Å². The van der Waals surface area contributed by atoms with Gasteiger partial charge in [-0.2, -0.15) is 0 Å². The van der Waals surface area contributed by atoms with E-state index in [0.717, 1.165) is 34.1 Å². The lowest BCUT2D eigenvalue weighted by Crippen LogP contribution is -2.47. The maximum Gasteiger partial charge on any atom is 0.271 e. The molecule has 3 atom stereocenters. The van der Waals surface area contributed by atoms with Crippen LogP contribution in [0, 0.1) is 5.92 Å². The molecule has 1 aliphatic heterocycles. The van der Waals surface area contributed by atoms with E-state index in [0.29, 0.717) is 18.8 Å². The molecule has 0 spiro atoms. The van der Waals surface area contributed by atoms with E-state index in [1.807, 2.05) is 61.8 Å². The number of carbonyl (C=O) groups is 1. The fourth-order valence-corrected chi connectivity index (χ4v) is 4.89. The number of para-hydroxylation sites is 1. The maximum absolute atomic E-state index is 14.2. The fourth-order valence-electron chi connectivity index (χ4n) is 4.89. The molecule has 1 amide bonds. The molecule has 0 saturated heterocycles. The molecule has 0 aliphatic carbocycles. The van der Waals surface area contributed by atoms with Gasteiger partial charge in [-0.1, -0.05) is 49.4 Å². The first-order valence-corrected chi connectivity index (χ1v) is 11.7. The molecule has 1 aromatic heterocycles. The minimum absolute atomic E-state index is 0.0489. The Balaban J connectivity index is 1.97. The Morgan fingerprint density at radius 2 is 1.85 bits per heavy atom. The highest BCUT2D eigenvalue weighted by Gasteiger charge is 2.33. The smallest absolute Gasteiger partial charge is 0.271 e. The summed E-state index contributed by atoms with van der Waals surface area (Å²) in [5, 5.41) is 11.1. The van der Waals surface area contributed by atoms with Gasteiger partial charge >= 0.3 is 0 Å². The third-order valence-electron chi connectivity index (χ3n) is 6.77. The molecular weight excluding hydrogens is 414 g/mol. The first-order chi connectivity index (χ1) is 15.8. The third-order valence-corrected chi connectivity index (χ3v) is 6.77. The van der Waals surface area contributed by atoms with E-state index in [4.69, 9.17) is 4.74 Å². The number of aliphatic hydroxyl groups excluding tert-OH is 1. The molecule has 33 heavy (non-hydrogen) atoms. The van der Waals surface area contributed by atoms with Crippen molar-refractivity contribution in [2.45, 2.75) is 32.6 Å². The van der Waals surface area contributed by atoms with Crippen molar-refractivity contribution in [1.29, 1.82) is 0 Å². The monoisotopic (exact) mass is 449 g/mol. The summed E-state index contributed by atoms with van der Waals surface area (Å²) in [6.07, 6.45) is -0.0489. The van der Waals surface area contributed by atoms with Crippen molar-refractivity contribution < 1.29 is 14.6 Å². The Morgan fingerprint density at radius 1 is 1.15 bits per heavy atom. The summed E-state index contributed by atoms with van der Waals surface area (Å²) in [5.41, 5.74) is 4.70. The molecule has 6 heteroatoms. The van der Waals surface area contributed by atoms with Gasteiger partial charge in [0.2, 0.25) is 0 Å². The Labute approximate surface area is 196 Å². The number of amides is 1. The number of aliphatic hydroxyl groups is 1. The summed E-state index contributed by atoms with van der Waals surface area (Å²) < 4.78 is 8.51. The van der Waals surface area contributed by atoms with Crippen LogP contribution in [0.3, 0.4) is 0 Å². The summed E-state index contributed by atoms with van der Waals surface area (Å²) in [4.78, 5) is 18.1. The maximum atomic E-state index is 14.2. The van der Waals surface area contributed by atoms with Crippen molar-refractivity contribution >= 4 is 16.8 Å². The van der Waals surface area contributed by atoms with Gasteiger partial charge in [0, 0.05) is 42.5 Å². The molecule has 0 radical (unpaired) electrons. The number of nitrogens with zero attached hydrogens (tertiary/aromatic N) is 3. The van der Waals surface area contributed by atoms with E-state index >= 15 is 0 Å². The number of hydrogen-bond donors (Lipinski definition) is 1. The van der Waals surface area contributed by atoms with Crippen LogP contribution in [0.15, 0.2) is 48.5 Å². The second-order valence-corrected chi connectivity index (χ2v) is 9.54. The first kappa shape index (κ1) is 23.5. The number of carbonyl (C=O) groups excluding carboxylic acids is 1. The Kier molecular flexibility index (Phi) is 6.88. The van der Waals surface area contributed by atoms with E-state index in [1.54, 1.807) is 0 Å². The van der Waals surface area contributed by atoms with Crippen LogP contribution >= 0.6 is 0 Å². The van der Waals surface area contributed by atoms with E-state index < -0.39 is 0 Å². The van der Waals surface area contributed by atoms with Gasteiger partial charge in [0.25, 0.3) is 5.91 Å². The summed E-state index contributed by atoms with van der Waals surface area (Å²) in [5.74, 6) is 0.0335. The largest absolute Gasteiger partial charge is 0.394 e. The number of ether oxygens (including phenoxy) is 1. The molecule has 3 aromatic rings. The van der Waals surface area contributed by atoms with Crippen molar-refractivity contribution in [1.82, 2.24) is 14.4 Å². The number of aryl methyl sites for hydroxylation is 1. The molecule has 0 saturated carbocycles. The number of hydrogen-bond acceptors (Lipinski definition) is 4. The predicted octanol–water partition coefficient (Wildman–Crippen LogP) is 3.76. The zero-order chi connectivity index (χ0) is 23.7. The number of benzene rings is 2. The standard InChI is InChI=1S/C27H35N3O3/c1-18-14-30(19(2)16-31)27(32)26-25(22-12-8-9-13-23(22)29(26)5)21-11-7-6-10-20(21)17-33-24(18)15-28(3)4/h6-13,18-19,24,31H,14-17H2,1-5H3/t18-,19-,24+/m0/s1. The third kappa shape index (κ3) is 4.43. The van der Waals surface area contributed by atoms with Gasteiger partial charge in [0.05, 0.1) is 25.4 Å². The van der Waals surface area contributed by atoms with Crippen molar-refractivity contribution in [3.05, 3.63) is 59.8 Å². The van der Waals surface area contributed by atoms with Crippen molar-refractivity contribution in [3.63, 3.8) is 0 Å². The number of aromatic nitrogens is 1. The quantitative estimate of drug-likeness (QED) is 0.659. The second kappa shape index (κ2) is 9.67. The molecule has 2 heterocycles. The lowest BCUT2D eigenvalue weighted by molar-refractivity contribution is -0.0201. The van der Waals surface area contributed by atoms with Crippen LogP contribution in [0.25, 0.3) is 22.0 Å². The van der Waals surface area contributed by atoms with Gasteiger partial charge in [0.15, 0.2) is 0 Å². The zero-order valence-electron chi connectivity index (χ0n) is 20.3. The van der Waals surface area contributed by atoms with Crippen LogP contribution < -0.4 is 0 Å². The van der Waals surface area contributed by atoms with E-state index in [1.165, 1.54) is 0 Å². The molecule has 176 valence electrons. The summed E-state index contributed by atoms with van der Waals surface area (Å²) in [6, 6.07) is 16.1. The SMILES string of the molecule is C[C@H]1CN([C@@H](C)CO)C(=O)c2c(c3ccccc3n2C)-c2ccccc2CO[C@@H]1CN(C)C. The van der Waals surface area contributed by atoms with Gasteiger partial charge < -0.3 is 24.2 Å². The first-order valence-electron chi connectivity index (χ1n) is 11.7. The van der Waals surface area contributed by atoms with E-state index in [2.05, 4.69) is 36.1 Å². The average Bonchev–Trinajstić information content (AvgIpc) is 3.10. The van der Waals surface area contributed by atoms with Gasteiger partial charge in [-0.25, -0.2) is 0 Å². The Morgan fingerprint density at radius 3 is 2.58 bits per heavy atom. The summed E-state index contributed by atoms with van der Waals surface area (Å²) in [7, 11) is 6.03. The number of fused-ring (bicyclic) bond motifs is 5. The van der Waals surface area contributed by atoms with Crippen LogP contribution in [-0.4, -0.2) is 71.3 Å². The van der Waals surface area contributed by atoms with Gasteiger partial charge in [0.1, 0.15) is 5.69 Å². The predicted molar refractivity (Wildman–Crippen MR) is 132 cm³/mol. The lowest BCUT2D eigenvalue weighted by Gasteiger charge is -2.34. The van der Waals surface area contributed by atoms with Crippen LogP contribution in [-0.2, 0) is 18.4 Å². The van der Waals surface area contributed by atoms with Gasteiger partial charge in [-0.15, -0.1) is 0 Å². The zero-order valence-corrected chi connectivity index (χ0v) is 20.3. The molecule has 1 N–H and O–H groups in total. The Bertz CT molecular complexity index is 1140. The molecule has 6 nitrogen and oxygen atoms in total. The number of likely N-dealkylation sites (N-methyl/N-ethyl adjacent to an activating group) is 1. The van der Waals surface area contributed by atoms with Crippen molar-refractivity contribution in [2.75, 3.05) is 33.8 Å². The van der Waals surface area contributed by atoms with Gasteiger partial charge in [-0.05, 0) is 38.2 Å². The molecule has 1 aliphatic rings. The molecule has 0 fully saturated rings. The van der Waals surface area contributed by atoms with Crippen LogP contribution in [0.1, 0.15) is 29.9 Å². The van der Waals surface area contributed by atoms with E-state index in [-0.39, 0.29) is 30.6 Å². The molecule has 2 aromatic carbocycles. The summed E-state index contributed by atoms with van der Waals surface area (Å²) in [6.45, 7) is 5.69. The topological polar surface area (TPSA) is 57.9 Å². The molecule has 0 unspecified atom stereocenters. The normalized spacial score (nSPS) is 20.5.